The molecule has 1 atom stereocenters. The topological polar surface area (TPSA) is 9.23 Å². The maximum absolute atomic E-state index is 13.8. The van der Waals surface area contributed by atoms with Gasteiger partial charge in [0.1, 0.15) is 29.4 Å². The number of ether oxygens (including phenoxy) is 1. The maximum Gasteiger partial charge on any atom is 0.395 e. The molecule has 0 saturated carbocycles. The Kier molecular flexibility index (Phi) is 5.39. The van der Waals surface area contributed by atoms with Crippen LogP contribution in [0.5, 0.6) is 5.75 Å². The standard InChI is InChI=1S/C17H10F6O/c18-12-8-14(19)13(7-6-11-4-2-1-3-5-11)15(9-12)24-16(20)10-17(21,22)23/h1-5,8-9,16H,10H2. The van der Waals surface area contributed by atoms with Crippen LogP contribution in [0.4, 0.5) is 26.3 Å². The van der Waals surface area contributed by atoms with Crippen molar-refractivity contribution >= 4 is 0 Å². The fourth-order valence-electron chi connectivity index (χ4n) is 1.78. The molecule has 0 aliphatic rings. The van der Waals surface area contributed by atoms with Crippen LogP contribution in [-0.2, 0) is 0 Å². The molecule has 1 unspecified atom stereocenters. The molecule has 0 aliphatic heterocycles. The predicted molar refractivity (Wildman–Crippen MR) is 75.0 cm³/mol. The highest BCUT2D eigenvalue weighted by Gasteiger charge is 2.33. The summed E-state index contributed by atoms with van der Waals surface area (Å²) in [6.45, 7) is 0. The lowest BCUT2D eigenvalue weighted by molar-refractivity contribution is -0.166. The van der Waals surface area contributed by atoms with Crippen LogP contribution in [0.25, 0.3) is 0 Å². The van der Waals surface area contributed by atoms with E-state index in [9.17, 15) is 26.3 Å². The lowest BCUT2D eigenvalue weighted by Crippen LogP contribution is -2.21. The highest BCUT2D eigenvalue weighted by atomic mass is 19.4. The SMILES string of the molecule is Fc1cc(F)c(C#Cc2ccccc2)c(OC(F)CC(F)(F)F)c1. The molecular weight excluding hydrogens is 334 g/mol. The molecule has 0 aliphatic carbocycles. The predicted octanol–water partition coefficient (Wildman–Crippen LogP) is 4.99. The van der Waals surface area contributed by atoms with Gasteiger partial charge in [-0.1, -0.05) is 30.0 Å². The second-order valence-electron chi connectivity index (χ2n) is 4.72. The van der Waals surface area contributed by atoms with Gasteiger partial charge in [0.25, 0.3) is 0 Å². The third-order valence-corrected chi connectivity index (χ3v) is 2.77. The molecule has 2 aromatic rings. The second kappa shape index (κ2) is 7.30. The molecule has 0 fully saturated rings. The van der Waals surface area contributed by atoms with Gasteiger partial charge in [0.05, 0.1) is 0 Å². The smallest absolute Gasteiger partial charge is 0.395 e. The summed E-state index contributed by atoms with van der Waals surface area (Å²) < 4.78 is 81.3. The van der Waals surface area contributed by atoms with Crippen LogP contribution in [0.15, 0.2) is 42.5 Å². The highest BCUT2D eigenvalue weighted by molar-refractivity contribution is 5.50. The van der Waals surface area contributed by atoms with Crippen LogP contribution >= 0.6 is 0 Å². The summed E-state index contributed by atoms with van der Waals surface area (Å²) in [6, 6.07) is 9.35. The number of alkyl halides is 4. The van der Waals surface area contributed by atoms with Gasteiger partial charge in [-0.2, -0.15) is 13.2 Å². The Hall–Kier alpha value is -2.62. The minimum absolute atomic E-state index is 0.485. The molecule has 0 saturated heterocycles. The molecule has 0 N–H and O–H groups in total. The fraction of sp³-hybridized carbons (Fsp3) is 0.176. The Morgan fingerprint density at radius 1 is 1.00 bits per heavy atom. The van der Waals surface area contributed by atoms with E-state index in [1.54, 1.807) is 30.3 Å². The molecule has 0 spiro atoms. The quantitative estimate of drug-likeness (QED) is 0.563. The molecule has 2 rings (SSSR count). The zero-order valence-electron chi connectivity index (χ0n) is 12.0. The van der Waals surface area contributed by atoms with Crippen LogP contribution in [0, 0.1) is 23.5 Å². The Bertz CT molecular complexity index is 758. The van der Waals surface area contributed by atoms with E-state index < -0.39 is 41.9 Å². The van der Waals surface area contributed by atoms with Gasteiger partial charge in [0.2, 0.25) is 6.36 Å². The van der Waals surface area contributed by atoms with Crippen LogP contribution < -0.4 is 4.74 Å². The van der Waals surface area contributed by atoms with E-state index in [0.717, 1.165) is 0 Å². The van der Waals surface area contributed by atoms with Crippen molar-refractivity contribution in [1.29, 1.82) is 0 Å². The van der Waals surface area contributed by atoms with Gasteiger partial charge in [-0.05, 0) is 12.1 Å². The van der Waals surface area contributed by atoms with Crippen molar-refractivity contribution < 1.29 is 31.1 Å². The first-order valence-corrected chi connectivity index (χ1v) is 6.68. The molecule has 126 valence electrons. The zero-order valence-corrected chi connectivity index (χ0v) is 12.0. The van der Waals surface area contributed by atoms with Crippen LogP contribution in [0.2, 0.25) is 0 Å². The Labute approximate surface area is 133 Å². The third kappa shape index (κ3) is 5.23. The van der Waals surface area contributed by atoms with Crippen molar-refractivity contribution in [2.75, 3.05) is 0 Å². The monoisotopic (exact) mass is 344 g/mol. The lowest BCUT2D eigenvalue weighted by atomic mass is 10.1. The van der Waals surface area contributed by atoms with Gasteiger partial charge in [0.15, 0.2) is 0 Å². The number of rotatable bonds is 3. The number of hydrogen-bond acceptors (Lipinski definition) is 1. The molecule has 0 heterocycles. The summed E-state index contributed by atoms with van der Waals surface area (Å²) in [7, 11) is 0. The molecule has 2 aromatic carbocycles. The van der Waals surface area contributed by atoms with Crippen LogP contribution in [-0.4, -0.2) is 12.5 Å². The van der Waals surface area contributed by atoms with E-state index in [4.69, 9.17) is 0 Å². The van der Waals surface area contributed by atoms with Gasteiger partial charge < -0.3 is 4.74 Å². The summed E-state index contributed by atoms with van der Waals surface area (Å²) in [6.07, 6.45) is -9.53. The minimum Gasteiger partial charge on any atom is -0.459 e. The van der Waals surface area contributed by atoms with E-state index in [1.807, 2.05) is 0 Å². The first-order chi connectivity index (χ1) is 11.2. The number of halogens is 6. The second-order valence-corrected chi connectivity index (χ2v) is 4.72. The normalized spacial score (nSPS) is 12.2. The molecular formula is C17H10F6O. The first-order valence-electron chi connectivity index (χ1n) is 6.68. The molecule has 0 radical (unpaired) electrons. The largest absolute Gasteiger partial charge is 0.459 e. The summed E-state index contributed by atoms with van der Waals surface area (Å²) in [5.74, 6) is 1.87. The summed E-state index contributed by atoms with van der Waals surface area (Å²) >= 11 is 0. The zero-order chi connectivity index (χ0) is 17.7. The first kappa shape index (κ1) is 17.7. The van der Waals surface area contributed by atoms with E-state index in [0.29, 0.717) is 17.7 Å². The lowest BCUT2D eigenvalue weighted by Gasteiger charge is -2.15. The van der Waals surface area contributed by atoms with E-state index >= 15 is 0 Å². The van der Waals surface area contributed by atoms with Crippen molar-refractivity contribution in [3.63, 3.8) is 0 Å². The van der Waals surface area contributed by atoms with E-state index in [2.05, 4.69) is 16.6 Å². The Morgan fingerprint density at radius 3 is 2.29 bits per heavy atom. The van der Waals surface area contributed by atoms with Crippen LogP contribution in [0.1, 0.15) is 17.5 Å². The molecule has 0 aromatic heterocycles. The Morgan fingerprint density at radius 2 is 1.67 bits per heavy atom. The molecule has 0 bridgehead atoms. The van der Waals surface area contributed by atoms with Gasteiger partial charge in [0, 0.05) is 17.7 Å². The summed E-state index contributed by atoms with van der Waals surface area (Å²) in [5, 5.41) is 0. The average molecular weight is 344 g/mol. The summed E-state index contributed by atoms with van der Waals surface area (Å²) in [5.41, 5.74) is -0.0376. The summed E-state index contributed by atoms with van der Waals surface area (Å²) in [4.78, 5) is 0. The van der Waals surface area contributed by atoms with Crippen LogP contribution in [0.3, 0.4) is 0 Å². The highest BCUT2D eigenvalue weighted by Crippen LogP contribution is 2.28. The maximum atomic E-state index is 13.8. The van der Waals surface area contributed by atoms with Gasteiger partial charge in [-0.3, -0.25) is 0 Å². The Balaban J connectivity index is 2.32. The molecule has 0 amide bonds. The van der Waals surface area contributed by atoms with E-state index in [1.165, 1.54) is 0 Å². The van der Waals surface area contributed by atoms with E-state index in [-0.39, 0.29) is 0 Å². The van der Waals surface area contributed by atoms with Crippen molar-refractivity contribution in [3.8, 4) is 17.6 Å². The minimum atomic E-state index is -4.82. The fourth-order valence-corrected chi connectivity index (χ4v) is 1.78. The molecule has 1 nitrogen and oxygen atoms in total. The van der Waals surface area contributed by atoms with Crippen molar-refractivity contribution in [2.24, 2.45) is 0 Å². The van der Waals surface area contributed by atoms with Crippen molar-refractivity contribution in [3.05, 3.63) is 65.2 Å². The molecule has 24 heavy (non-hydrogen) atoms. The van der Waals surface area contributed by atoms with Gasteiger partial charge in [-0.15, -0.1) is 0 Å². The van der Waals surface area contributed by atoms with Crippen molar-refractivity contribution in [1.82, 2.24) is 0 Å². The average Bonchev–Trinajstić information content (AvgIpc) is 2.45. The molecule has 7 heteroatoms. The van der Waals surface area contributed by atoms with Crippen molar-refractivity contribution in [2.45, 2.75) is 19.0 Å². The number of hydrogen-bond donors (Lipinski definition) is 0. The van der Waals surface area contributed by atoms with Gasteiger partial charge in [-0.25, -0.2) is 13.2 Å². The number of benzene rings is 2. The van der Waals surface area contributed by atoms with Gasteiger partial charge >= 0.3 is 6.18 Å². The third-order valence-electron chi connectivity index (χ3n) is 2.77.